The van der Waals surface area contributed by atoms with Crippen LogP contribution in [0.25, 0.3) is 11.3 Å². The van der Waals surface area contributed by atoms with Gasteiger partial charge in [-0.3, -0.25) is 15.6 Å². The van der Waals surface area contributed by atoms with Crippen molar-refractivity contribution in [3.8, 4) is 11.3 Å². The van der Waals surface area contributed by atoms with Crippen molar-refractivity contribution in [2.75, 3.05) is 5.43 Å². The van der Waals surface area contributed by atoms with Crippen LogP contribution in [0.2, 0.25) is 0 Å². The lowest BCUT2D eigenvalue weighted by molar-refractivity contribution is -0.120. The fraction of sp³-hybridized carbons (Fsp3) is 0.238. The normalized spacial score (nSPS) is 13.7. The second-order valence-electron chi connectivity index (χ2n) is 7.08. The minimum Gasteiger partial charge on any atom is -0.441 e. The summed E-state index contributed by atoms with van der Waals surface area (Å²) >= 11 is 0. The van der Waals surface area contributed by atoms with E-state index in [4.69, 9.17) is 4.42 Å². The number of carbonyl (C=O) groups is 1. The Morgan fingerprint density at radius 2 is 1.80 bits per heavy atom. The molecule has 0 radical (unpaired) electrons. The van der Waals surface area contributed by atoms with Gasteiger partial charge in [0.25, 0.3) is 0 Å². The molecule has 3 aromatic rings. The number of anilines is 1. The van der Waals surface area contributed by atoms with Crippen molar-refractivity contribution < 1.29 is 17.6 Å². The predicted molar refractivity (Wildman–Crippen MR) is 112 cm³/mol. The summed E-state index contributed by atoms with van der Waals surface area (Å²) in [7, 11) is -3.48. The number of nitrogens with zero attached hydrogens (tertiary/aromatic N) is 1. The number of hydrazine groups is 1. The second-order valence-corrected chi connectivity index (χ2v) is 8.79. The van der Waals surface area contributed by atoms with E-state index in [0.29, 0.717) is 23.8 Å². The molecule has 1 aromatic heterocycles. The first kappa shape index (κ1) is 20.1. The van der Waals surface area contributed by atoms with Gasteiger partial charge in [-0.1, -0.05) is 30.3 Å². The molecule has 1 fully saturated rings. The maximum Gasteiger partial charge on any atom is 0.240 e. The Labute approximate surface area is 174 Å². The molecule has 0 bridgehead atoms. The van der Waals surface area contributed by atoms with Gasteiger partial charge >= 0.3 is 0 Å². The van der Waals surface area contributed by atoms with Crippen LogP contribution in [-0.4, -0.2) is 25.4 Å². The number of oxazole rings is 1. The fourth-order valence-electron chi connectivity index (χ4n) is 2.79. The molecule has 8 nitrogen and oxygen atoms in total. The zero-order valence-corrected chi connectivity index (χ0v) is 17.0. The van der Waals surface area contributed by atoms with Crippen molar-refractivity contribution in [2.24, 2.45) is 0 Å². The topological polar surface area (TPSA) is 113 Å². The van der Waals surface area contributed by atoms with Gasteiger partial charge < -0.3 is 4.42 Å². The Bertz CT molecular complexity index is 1110. The molecule has 0 saturated heterocycles. The number of sulfonamides is 1. The van der Waals surface area contributed by atoms with Crippen molar-refractivity contribution >= 4 is 21.6 Å². The Morgan fingerprint density at radius 1 is 1.07 bits per heavy atom. The summed E-state index contributed by atoms with van der Waals surface area (Å²) in [6.07, 6.45) is 3.97. The largest absolute Gasteiger partial charge is 0.441 e. The van der Waals surface area contributed by atoms with Crippen LogP contribution in [-0.2, 0) is 21.2 Å². The van der Waals surface area contributed by atoms with Gasteiger partial charge in [-0.15, -0.1) is 0 Å². The Morgan fingerprint density at radius 3 is 2.50 bits per heavy atom. The van der Waals surface area contributed by atoms with Gasteiger partial charge in [0.15, 0.2) is 11.7 Å². The zero-order chi connectivity index (χ0) is 21.0. The highest BCUT2D eigenvalue weighted by atomic mass is 32.2. The van der Waals surface area contributed by atoms with Crippen molar-refractivity contribution in [3.05, 3.63) is 66.7 Å². The molecule has 0 unspecified atom stereocenters. The number of rotatable bonds is 9. The van der Waals surface area contributed by atoms with E-state index >= 15 is 0 Å². The summed E-state index contributed by atoms with van der Waals surface area (Å²) in [5, 5.41) is 0. The number of hydrogen-bond donors (Lipinski definition) is 3. The van der Waals surface area contributed by atoms with Gasteiger partial charge in [-0.05, 0) is 37.1 Å². The van der Waals surface area contributed by atoms with Crippen LogP contribution < -0.4 is 15.6 Å². The summed E-state index contributed by atoms with van der Waals surface area (Å²) in [5.41, 5.74) is 6.87. The van der Waals surface area contributed by atoms with Gasteiger partial charge in [-0.25, -0.2) is 18.1 Å². The smallest absolute Gasteiger partial charge is 0.240 e. The highest BCUT2D eigenvalue weighted by molar-refractivity contribution is 7.89. The van der Waals surface area contributed by atoms with Crippen molar-refractivity contribution in [2.45, 2.75) is 36.6 Å². The number of amides is 1. The molecule has 9 heteroatoms. The standard InChI is InChI=1S/C21H22N4O4S/c26-20(12-13-21-22-14-19(29-21)15-4-2-1-3-5-15)24-23-16-8-10-18(11-9-16)30(27,28)25-17-6-7-17/h1-5,8-11,14,17,23,25H,6-7,12-13H2,(H,24,26). The maximum absolute atomic E-state index is 12.2. The van der Waals surface area contributed by atoms with E-state index in [1.165, 1.54) is 12.1 Å². The van der Waals surface area contributed by atoms with Crippen LogP contribution in [0.3, 0.4) is 0 Å². The van der Waals surface area contributed by atoms with E-state index in [1.54, 1.807) is 18.3 Å². The van der Waals surface area contributed by atoms with E-state index in [-0.39, 0.29) is 23.3 Å². The van der Waals surface area contributed by atoms with E-state index < -0.39 is 10.0 Å². The van der Waals surface area contributed by atoms with Gasteiger partial charge in [0, 0.05) is 24.4 Å². The van der Waals surface area contributed by atoms with Crippen LogP contribution >= 0.6 is 0 Å². The lowest BCUT2D eigenvalue weighted by Crippen LogP contribution is -2.29. The Kier molecular flexibility index (Phi) is 5.82. The Hall–Kier alpha value is -3.17. The first-order valence-electron chi connectivity index (χ1n) is 9.67. The minimum atomic E-state index is -3.48. The molecule has 3 N–H and O–H groups in total. The van der Waals surface area contributed by atoms with E-state index in [2.05, 4.69) is 20.6 Å². The third-order valence-corrected chi connectivity index (χ3v) is 6.12. The highest BCUT2D eigenvalue weighted by Gasteiger charge is 2.27. The molecule has 1 saturated carbocycles. The molecule has 1 aliphatic carbocycles. The highest BCUT2D eigenvalue weighted by Crippen LogP contribution is 2.23. The molecule has 156 valence electrons. The van der Waals surface area contributed by atoms with Crippen LogP contribution in [0.5, 0.6) is 0 Å². The number of carbonyl (C=O) groups excluding carboxylic acids is 1. The molecule has 0 atom stereocenters. The number of hydrogen-bond acceptors (Lipinski definition) is 6. The molecule has 1 heterocycles. The second kappa shape index (κ2) is 8.68. The molecule has 4 rings (SSSR count). The summed E-state index contributed by atoms with van der Waals surface area (Å²) in [6, 6.07) is 15.9. The van der Waals surface area contributed by atoms with Crippen LogP contribution in [0.15, 0.2) is 70.1 Å². The number of aromatic nitrogens is 1. The molecule has 1 amide bonds. The lowest BCUT2D eigenvalue weighted by Gasteiger charge is -2.09. The molecule has 30 heavy (non-hydrogen) atoms. The quantitative estimate of drug-likeness (QED) is 0.454. The molecule has 0 spiro atoms. The predicted octanol–water partition coefficient (Wildman–Crippen LogP) is 2.86. The molecular formula is C21H22N4O4S. The SMILES string of the molecule is O=C(CCc1ncc(-c2ccccc2)o1)NNc1ccc(S(=O)(=O)NC2CC2)cc1. The van der Waals surface area contributed by atoms with E-state index in [9.17, 15) is 13.2 Å². The third kappa shape index (κ3) is 5.25. The van der Waals surface area contributed by atoms with Crippen molar-refractivity contribution in [3.63, 3.8) is 0 Å². The summed E-state index contributed by atoms with van der Waals surface area (Å²) in [4.78, 5) is 16.5. The van der Waals surface area contributed by atoms with Gasteiger partial charge in [0.05, 0.1) is 16.8 Å². The van der Waals surface area contributed by atoms with Crippen molar-refractivity contribution in [1.82, 2.24) is 15.1 Å². The molecule has 2 aromatic carbocycles. The minimum absolute atomic E-state index is 0.0551. The van der Waals surface area contributed by atoms with Gasteiger partial charge in [0.1, 0.15) is 0 Å². The number of aryl methyl sites for hydroxylation is 1. The van der Waals surface area contributed by atoms with Crippen LogP contribution in [0.4, 0.5) is 5.69 Å². The van der Waals surface area contributed by atoms with E-state index in [1.807, 2.05) is 30.3 Å². The summed E-state index contributed by atoms with van der Waals surface area (Å²) in [6.45, 7) is 0. The number of nitrogens with one attached hydrogen (secondary N) is 3. The summed E-state index contributed by atoms with van der Waals surface area (Å²) in [5.74, 6) is 0.915. The molecular weight excluding hydrogens is 404 g/mol. The lowest BCUT2D eigenvalue weighted by atomic mass is 10.2. The Balaban J connectivity index is 1.24. The third-order valence-electron chi connectivity index (χ3n) is 4.59. The van der Waals surface area contributed by atoms with Crippen LogP contribution in [0.1, 0.15) is 25.2 Å². The monoisotopic (exact) mass is 426 g/mol. The van der Waals surface area contributed by atoms with Gasteiger partial charge in [-0.2, -0.15) is 0 Å². The summed E-state index contributed by atoms with van der Waals surface area (Å²) < 4.78 is 32.6. The zero-order valence-electron chi connectivity index (χ0n) is 16.2. The van der Waals surface area contributed by atoms with Gasteiger partial charge in [0.2, 0.25) is 15.9 Å². The average molecular weight is 426 g/mol. The first-order valence-corrected chi connectivity index (χ1v) is 11.2. The molecule has 0 aliphatic heterocycles. The molecule has 1 aliphatic rings. The van der Waals surface area contributed by atoms with Crippen LogP contribution in [0, 0.1) is 0 Å². The number of benzene rings is 2. The van der Waals surface area contributed by atoms with Crippen molar-refractivity contribution in [1.29, 1.82) is 0 Å². The first-order chi connectivity index (χ1) is 14.5. The average Bonchev–Trinajstić information content (AvgIpc) is 3.43. The fourth-order valence-corrected chi connectivity index (χ4v) is 4.10. The van der Waals surface area contributed by atoms with E-state index in [0.717, 1.165) is 18.4 Å². The maximum atomic E-state index is 12.2.